The first-order chi connectivity index (χ1) is 8.17. The average molecular weight is 253 g/mol. The lowest BCUT2D eigenvalue weighted by atomic mass is 10.2. The molecule has 0 saturated carbocycles. The van der Waals surface area contributed by atoms with Gasteiger partial charge in [-0.25, -0.2) is 0 Å². The molecule has 0 aliphatic heterocycles. The summed E-state index contributed by atoms with van der Waals surface area (Å²) in [6.07, 6.45) is 4.54. The Morgan fingerprint density at radius 2 is 2.24 bits per heavy atom. The van der Waals surface area contributed by atoms with Gasteiger partial charge >= 0.3 is 0 Å². The molecule has 0 spiro atoms. The fourth-order valence-corrected chi connectivity index (χ4v) is 1.28. The summed E-state index contributed by atoms with van der Waals surface area (Å²) in [4.78, 5) is 10.6. The highest BCUT2D eigenvalue weighted by Gasteiger charge is 2.03. The smallest absolute Gasteiger partial charge is 0.245 e. The monoisotopic (exact) mass is 252 g/mol. The summed E-state index contributed by atoms with van der Waals surface area (Å²) in [6, 6.07) is 5.33. The van der Waals surface area contributed by atoms with Crippen molar-refractivity contribution in [3.63, 3.8) is 0 Å². The van der Waals surface area contributed by atoms with E-state index in [2.05, 4.69) is 6.58 Å². The van der Waals surface area contributed by atoms with Crippen molar-refractivity contribution in [2.24, 2.45) is 0 Å². The van der Waals surface area contributed by atoms with E-state index in [1.165, 1.54) is 6.08 Å². The minimum absolute atomic E-state index is 0.408. The Morgan fingerprint density at radius 3 is 2.82 bits per heavy atom. The number of methoxy groups -OCH3 is 1. The molecule has 0 unspecified atom stereocenters. The SMILES string of the molecule is C=CCOc1ccc(/C=C/C(=O)Cl)cc1OC. The van der Waals surface area contributed by atoms with Gasteiger partial charge in [0, 0.05) is 0 Å². The quantitative estimate of drug-likeness (QED) is 0.444. The van der Waals surface area contributed by atoms with Gasteiger partial charge < -0.3 is 9.47 Å². The van der Waals surface area contributed by atoms with Crippen LogP contribution in [0.2, 0.25) is 0 Å². The Balaban J connectivity index is 2.91. The van der Waals surface area contributed by atoms with E-state index in [9.17, 15) is 4.79 Å². The first-order valence-electron chi connectivity index (χ1n) is 4.96. The Hall–Kier alpha value is -1.74. The molecule has 0 aliphatic rings. The van der Waals surface area contributed by atoms with Crippen molar-refractivity contribution in [1.29, 1.82) is 0 Å². The van der Waals surface area contributed by atoms with Crippen molar-refractivity contribution >= 4 is 22.9 Å². The van der Waals surface area contributed by atoms with Crippen LogP contribution in [-0.2, 0) is 4.79 Å². The highest BCUT2D eigenvalue weighted by Crippen LogP contribution is 2.28. The van der Waals surface area contributed by atoms with E-state index in [0.717, 1.165) is 5.56 Å². The summed E-state index contributed by atoms with van der Waals surface area (Å²) in [5, 5.41) is -0.518. The van der Waals surface area contributed by atoms with Gasteiger partial charge in [0.2, 0.25) is 5.24 Å². The molecular weight excluding hydrogens is 240 g/mol. The fraction of sp³-hybridized carbons (Fsp3) is 0.154. The molecule has 0 saturated heterocycles. The number of ether oxygens (including phenoxy) is 2. The number of carbonyl (C=O) groups is 1. The van der Waals surface area contributed by atoms with E-state index < -0.39 is 5.24 Å². The molecule has 0 aromatic heterocycles. The van der Waals surface area contributed by atoms with Crippen LogP contribution in [0.15, 0.2) is 36.9 Å². The molecule has 0 heterocycles. The number of halogens is 1. The minimum Gasteiger partial charge on any atom is -0.493 e. The summed E-state index contributed by atoms with van der Waals surface area (Å²) in [6.45, 7) is 3.98. The zero-order valence-corrected chi connectivity index (χ0v) is 10.2. The summed E-state index contributed by atoms with van der Waals surface area (Å²) in [5.41, 5.74) is 0.807. The van der Waals surface area contributed by atoms with Crippen molar-refractivity contribution in [3.8, 4) is 11.5 Å². The van der Waals surface area contributed by atoms with E-state index in [1.54, 1.807) is 37.5 Å². The van der Waals surface area contributed by atoms with Gasteiger partial charge in [0.1, 0.15) is 6.61 Å². The van der Waals surface area contributed by atoms with Crippen LogP contribution in [-0.4, -0.2) is 19.0 Å². The van der Waals surface area contributed by atoms with Gasteiger partial charge in [-0.15, -0.1) is 0 Å². The minimum atomic E-state index is -0.518. The number of benzene rings is 1. The van der Waals surface area contributed by atoms with Gasteiger partial charge in [0.15, 0.2) is 11.5 Å². The van der Waals surface area contributed by atoms with E-state index in [0.29, 0.717) is 18.1 Å². The highest BCUT2D eigenvalue weighted by molar-refractivity contribution is 6.66. The summed E-state index contributed by atoms with van der Waals surface area (Å²) >= 11 is 5.21. The van der Waals surface area contributed by atoms with Crippen LogP contribution in [0, 0.1) is 0 Å². The van der Waals surface area contributed by atoms with Crippen LogP contribution in [0.3, 0.4) is 0 Å². The molecule has 4 heteroatoms. The van der Waals surface area contributed by atoms with E-state index in [4.69, 9.17) is 21.1 Å². The Bertz CT molecular complexity index is 438. The van der Waals surface area contributed by atoms with E-state index >= 15 is 0 Å². The molecule has 0 atom stereocenters. The number of hydrogen-bond acceptors (Lipinski definition) is 3. The molecule has 1 rings (SSSR count). The van der Waals surface area contributed by atoms with Crippen molar-refractivity contribution in [3.05, 3.63) is 42.5 Å². The molecule has 1 aromatic rings. The topological polar surface area (TPSA) is 35.5 Å². The molecule has 3 nitrogen and oxygen atoms in total. The second-order valence-electron chi connectivity index (χ2n) is 3.15. The van der Waals surface area contributed by atoms with Crippen molar-refractivity contribution in [2.45, 2.75) is 0 Å². The van der Waals surface area contributed by atoms with Gasteiger partial charge in [0.05, 0.1) is 7.11 Å². The van der Waals surface area contributed by atoms with Crippen LogP contribution in [0.25, 0.3) is 6.08 Å². The molecule has 0 fully saturated rings. The molecular formula is C13H13ClO3. The molecule has 0 amide bonds. The largest absolute Gasteiger partial charge is 0.493 e. The number of rotatable bonds is 6. The highest BCUT2D eigenvalue weighted by atomic mass is 35.5. The van der Waals surface area contributed by atoms with Gasteiger partial charge in [-0.05, 0) is 35.4 Å². The Labute approximate surface area is 105 Å². The summed E-state index contributed by atoms with van der Waals surface area (Å²) in [7, 11) is 1.55. The fourth-order valence-electron chi connectivity index (χ4n) is 1.22. The lowest BCUT2D eigenvalue weighted by Crippen LogP contribution is -1.96. The second-order valence-corrected chi connectivity index (χ2v) is 3.52. The normalized spacial score (nSPS) is 10.2. The zero-order chi connectivity index (χ0) is 12.7. The average Bonchev–Trinajstić information content (AvgIpc) is 2.34. The van der Waals surface area contributed by atoms with Crippen molar-refractivity contribution in [1.82, 2.24) is 0 Å². The lowest BCUT2D eigenvalue weighted by Gasteiger charge is -2.09. The molecule has 90 valence electrons. The van der Waals surface area contributed by atoms with E-state index in [1.807, 2.05) is 0 Å². The van der Waals surface area contributed by atoms with Crippen LogP contribution >= 0.6 is 11.6 Å². The van der Waals surface area contributed by atoms with Crippen LogP contribution in [0.1, 0.15) is 5.56 Å². The van der Waals surface area contributed by atoms with Crippen molar-refractivity contribution < 1.29 is 14.3 Å². The maximum Gasteiger partial charge on any atom is 0.245 e. The number of carbonyl (C=O) groups excluding carboxylic acids is 1. The maximum atomic E-state index is 10.6. The molecule has 1 aromatic carbocycles. The molecule has 17 heavy (non-hydrogen) atoms. The number of allylic oxidation sites excluding steroid dienone is 1. The van der Waals surface area contributed by atoms with Gasteiger partial charge in [-0.3, -0.25) is 4.79 Å². The zero-order valence-electron chi connectivity index (χ0n) is 9.48. The van der Waals surface area contributed by atoms with E-state index in [-0.39, 0.29) is 0 Å². The van der Waals surface area contributed by atoms with Crippen molar-refractivity contribution in [2.75, 3.05) is 13.7 Å². The Kier molecular flexibility index (Phi) is 5.30. The third kappa shape index (κ3) is 4.33. The predicted molar refractivity (Wildman–Crippen MR) is 68.6 cm³/mol. The third-order valence-corrected chi connectivity index (χ3v) is 2.08. The molecule has 0 bridgehead atoms. The summed E-state index contributed by atoms with van der Waals surface area (Å²) in [5.74, 6) is 1.22. The van der Waals surface area contributed by atoms with Gasteiger partial charge in [-0.2, -0.15) is 0 Å². The predicted octanol–water partition coefficient (Wildman–Crippen LogP) is 3.04. The Morgan fingerprint density at radius 1 is 1.47 bits per heavy atom. The van der Waals surface area contributed by atoms with Gasteiger partial charge in [0.25, 0.3) is 0 Å². The lowest BCUT2D eigenvalue weighted by molar-refractivity contribution is -0.107. The maximum absolute atomic E-state index is 10.6. The number of hydrogen-bond donors (Lipinski definition) is 0. The van der Waals surface area contributed by atoms with Crippen LogP contribution in [0.4, 0.5) is 0 Å². The second kappa shape index (κ2) is 6.76. The standard InChI is InChI=1S/C13H13ClO3/c1-3-8-17-11-6-4-10(5-7-13(14)15)9-12(11)16-2/h3-7,9H,1,8H2,2H3/b7-5+. The van der Waals surface area contributed by atoms with Gasteiger partial charge in [-0.1, -0.05) is 24.8 Å². The van der Waals surface area contributed by atoms with Crippen LogP contribution < -0.4 is 9.47 Å². The molecule has 0 radical (unpaired) electrons. The first-order valence-corrected chi connectivity index (χ1v) is 5.34. The van der Waals surface area contributed by atoms with Crippen LogP contribution in [0.5, 0.6) is 11.5 Å². The molecule has 0 N–H and O–H groups in total. The first kappa shape index (κ1) is 13.3. The third-order valence-electron chi connectivity index (χ3n) is 1.95. The molecule has 0 aliphatic carbocycles. The summed E-state index contributed by atoms with van der Waals surface area (Å²) < 4.78 is 10.6.